The average molecular weight is 415 g/mol. The first-order valence-corrected chi connectivity index (χ1v) is 10.8. The second-order valence-electron chi connectivity index (χ2n) is 8.44. The van der Waals surface area contributed by atoms with Gasteiger partial charge in [-0.3, -0.25) is 19.3 Å². The molecule has 0 bridgehead atoms. The molecule has 3 N–H and O–H groups in total. The predicted octanol–water partition coefficient (Wildman–Crippen LogP) is 1.20. The SMILES string of the molecule is Cc1cccc2c1C(=O)N[C@@H](CC(=O)NC1CCC(N3CCOCC3)CC1)C(=O)N2. The van der Waals surface area contributed by atoms with Crippen molar-refractivity contribution in [3.8, 4) is 0 Å². The maximum absolute atomic E-state index is 12.6. The first-order valence-electron chi connectivity index (χ1n) is 10.8. The molecule has 162 valence electrons. The summed E-state index contributed by atoms with van der Waals surface area (Å²) in [5.41, 5.74) is 1.73. The smallest absolute Gasteiger partial charge is 0.254 e. The minimum absolute atomic E-state index is 0.0615. The zero-order chi connectivity index (χ0) is 21.1. The second-order valence-corrected chi connectivity index (χ2v) is 8.44. The summed E-state index contributed by atoms with van der Waals surface area (Å²) in [6.45, 7) is 5.40. The fraction of sp³-hybridized carbons (Fsp3) is 0.591. The second kappa shape index (κ2) is 9.14. The van der Waals surface area contributed by atoms with Crippen molar-refractivity contribution < 1.29 is 19.1 Å². The molecule has 8 nitrogen and oxygen atoms in total. The summed E-state index contributed by atoms with van der Waals surface area (Å²) in [7, 11) is 0. The number of rotatable bonds is 4. The third-order valence-corrected chi connectivity index (χ3v) is 6.39. The standard InChI is InChI=1S/C22H30N4O4/c1-14-3-2-4-17-20(14)22(29)25-18(21(28)24-17)13-19(27)23-15-5-7-16(8-6-15)26-9-11-30-12-10-26/h2-4,15-16,18H,5-13H2,1H3,(H,23,27)(H,24,28)(H,25,29)/t15?,16?,18-/m0/s1. The van der Waals surface area contributed by atoms with Crippen LogP contribution in [0.4, 0.5) is 5.69 Å². The molecule has 0 spiro atoms. The number of anilines is 1. The lowest BCUT2D eigenvalue weighted by atomic mass is 9.89. The van der Waals surface area contributed by atoms with Crippen molar-refractivity contribution in [2.75, 3.05) is 31.6 Å². The van der Waals surface area contributed by atoms with E-state index < -0.39 is 6.04 Å². The molecule has 2 fully saturated rings. The monoisotopic (exact) mass is 414 g/mol. The summed E-state index contributed by atoms with van der Waals surface area (Å²) in [5, 5.41) is 8.55. The van der Waals surface area contributed by atoms with Gasteiger partial charge in [0.15, 0.2) is 0 Å². The number of carbonyl (C=O) groups is 3. The molecule has 1 aromatic carbocycles. The highest BCUT2D eigenvalue weighted by molar-refractivity contribution is 6.11. The quantitative estimate of drug-likeness (QED) is 0.687. The highest BCUT2D eigenvalue weighted by atomic mass is 16.5. The molecule has 4 rings (SSSR count). The van der Waals surface area contributed by atoms with Crippen LogP contribution in [-0.2, 0) is 14.3 Å². The molecule has 1 aliphatic carbocycles. The van der Waals surface area contributed by atoms with E-state index in [0.717, 1.165) is 57.6 Å². The van der Waals surface area contributed by atoms with Crippen molar-refractivity contribution >= 4 is 23.4 Å². The van der Waals surface area contributed by atoms with E-state index >= 15 is 0 Å². The molecule has 2 aliphatic heterocycles. The largest absolute Gasteiger partial charge is 0.379 e. The molecule has 0 unspecified atom stereocenters. The maximum Gasteiger partial charge on any atom is 0.254 e. The number of nitrogens with one attached hydrogen (secondary N) is 3. The van der Waals surface area contributed by atoms with E-state index in [9.17, 15) is 14.4 Å². The van der Waals surface area contributed by atoms with E-state index in [1.54, 1.807) is 12.1 Å². The number of hydrogen-bond donors (Lipinski definition) is 3. The maximum atomic E-state index is 12.6. The Morgan fingerprint density at radius 1 is 1.17 bits per heavy atom. The molecular formula is C22H30N4O4. The Labute approximate surface area is 176 Å². The van der Waals surface area contributed by atoms with Crippen LogP contribution in [0.1, 0.15) is 48.0 Å². The molecule has 1 saturated carbocycles. The molecular weight excluding hydrogens is 384 g/mol. The van der Waals surface area contributed by atoms with Crippen LogP contribution in [0.2, 0.25) is 0 Å². The van der Waals surface area contributed by atoms with Gasteiger partial charge in [0, 0.05) is 25.2 Å². The number of fused-ring (bicyclic) bond motifs is 1. The number of nitrogens with zero attached hydrogens (tertiary/aromatic N) is 1. The summed E-state index contributed by atoms with van der Waals surface area (Å²) in [4.78, 5) is 40.2. The van der Waals surface area contributed by atoms with Gasteiger partial charge >= 0.3 is 0 Å². The Kier molecular flexibility index (Phi) is 6.34. The number of amides is 3. The van der Waals surface area contributed by atoms with Gasteiger partial charge in [-0.2, -0.15) is 0 Å². The zero-order valence-corrected chi connectivity index (χ0v) is 17.4. The minimum Gasteiger partial charge on any atom is -0.379 e. The summed E-state index contributed by atoms with van der Waals surface area (Å²) in [6.07, 6.45) is 3.91. The van der Waals surface area contributed by atoms with Gasteiger partial charge < -0.3 is 20.7 Å². The van der Waals surface area contributed by atoms with Gasteiger partial charge in [0.2, 0.25) is 11.8 Å². The van der Waals surface area contributed by atoms with E-state index in [-0.39, 0.29) is 30.2 Å². The van der Waals surface area contributed by atoms with Crippen molar-refractivity contribution in [2.24, 2.45) is 0 Å². The molecule has 2 heterocycles. The van der Waals surface area contributed by atoms with Crippen molar-refractivity contribution in [3.63, 3.8) is 0 Å². The molecule has 3 amide bonds. The first-order chi connectivity index (χ1) is 14.5. The lowest BCUT2D eigenvalue weighted by Gasteiger charge is -2.38. The molecule has 8 heteroatoms. The van der Waals surface area contributed by atoms with Crippen LogP contribution < -0.4 is 16.0 Å². The number of carbonyl (C=O) groups excluding carboxylic acids is 3. The van der Waals surface area contributed by atoms with Crippen molar-refractivity contribution in [2.45, 2.75) is 57.2 Å². The van der Waals surface area contributed by atoms with Gasteiger partial charge in [-0.05, 0) is 44.2 Å². The highest BCUT2D eigenvalue weighted by Crippen LogP contribution is 2.25. The summed E-state index contributed by atoms with van der Waals surface area (Å²) in [5.74, 6) is -0.892. The van der Waals surface area contributed by atoms with E-state index in [1.807, 2.05) is 13.0 Å². The molecule has 1 atom stereocenters. The lowest BCUT2D eigenvalue weighted by Crippen LogP contribution is -2.49. The minimum atomic E-state index is -0.881. The van der Waals surface area contributed by atoms with Crippen molar-refractivity contribution in [1.29, 1.82) is 0 Å². The number of aryl methyl sites for hydroxylation is 1. The lowest BCUT2D eigenvalue weighted by molar-refractivity contribution is -0.126. The Balaban J connectivity index is 1.29. The average Bonchev–Trinajstić information content (AvgIpc) is 2.85. The van der Waals surface area contributed by atoms with E-state index in [4.69, 9.17) is 4.74 Å². The van der Waals surface area contributed by atoms with Crippen LogP contribution >= 0.6 is 0 Å². The summed E-state index contributed by atoms with van der Waals surface area (Å²) in [6, 6.07) is 5.13. The molecule has 30 heavy (non-hydrogen) atoms. The fourth-order valence-corrected chi connectivity index (χ4v) is 4.73. The van der Waals surface area contributed by atoms with Crippen LogP contribution in [0, 0.1) is 6.92 Å². The Morgan fingerprint density at radius 3 is 2.63 bits per heavy atom. The Hall–Kier alpha value is -2.45. The number of hydrogen-bond acceptors (Lipinski definition) is 5. The van der Waals surface area contributed by atoms with Crippen molar-refractivity contribution in [3.05, 3.63) is 29.3 Å². The summed E-state index contributed by atoms with van der Waals surface area (Å²) < 4.78 is 5.43. The highest BCUT2D eigenvalue weighted by Gasteiger charge is 2.32. The number of ether oxygens (including phenoxy) is 1. The third-order valence-electron chi connectivity index (χ3n) is 6.39. The van der Waals surface area contributed by atoms with Crippen LogP contribution in [0.15, 0.2) is 18.2 Å². The van der Waals surface area contributed by atoms with Crippen LogP contribution in [0.5, 0.6) is 0 Å². The number of morpholine rings is 1. The van der Waals surface area contributed by atoms with Gasteiger partial charge in [-0.25, -0.2) is 0 Å². The molecule has 0 aromatic heterocycles. The Morgan fingerprint density at radius 2 is 1.90 bits per heavy atom. The van der Waals surface area contributed by atoms with Crippen LogP contribution in [-0.4, -0.2) is 67.1 Å². The molecule has 1 saturated heterocycles. The zero-order valence-electron chi connectivity index (χ0n) is 17.4. The van der Waals surface area contributed by atoms with E-state index in [1.165, 1.54) is 0 Å². The van der Waals surface area contributed by atoms with Crippen LogP contribution in [0.25, 0.3) is 0 Å². The van der Waals surface area contributed by atoms with E-state index in [2.05, 4.69) is 20.9 Å². The van der Waals surface area contributed by atoms with Gasteiger partial charge in [0.05, 0.1) is 30.9 Å². The van der Waals surface area contributed by atoms with E-state index in [0.29, 0.717) is 17.3 Å². The molecule has 0 radical (unpaired) electrons. The van der Waals surface area contributed by atoms with Gasteiger partial charge in [-0.1, -0.05) is 12.1 Å². The normalized spacial score (nSPS) is 27.4. The summed E-state index contributed by atoms with van der Waals surface area (Å²) >= 11 is 0. The van der Waals surface area contributed by atoms with Gasteiger partial charge in [-0.15, -0.1) is 0 Å². The Bertz CT molecular complexity index is 813. The van der Waals surface area contributed by atoms with Gasteiger partial charge in [0.1, 0.15) is 6.04 Å². The number of benzene rings is 1. The third kappa shape index (κ3) is 4.65. The topological polar surface area (TPSA) is 99.8 Å². The fourth-order valence-electron chi connectivity index (χ4n) is 4.73. The molecule has 1 aromatic rings. The first kappa shape index (κ1) is 20.8. The van der Waals surface area contributed by atoms with Crippen molar-refractivity contribution in [1.82, 2.24) is 15.5 Å². The van der Waals surface area contributed by atoms with Gasteiger partial charge in [0.25, 0.3) is 5.91 Å². The molecule has 3 aliphatic rings. The van der Waals surface area contributed by atoms with Crippen LogP contribution in [0.3, 0.4) is 0 Å². The predicted molar refractivity (Wildman–Crippen MR) is 112 cm³/mol.